The number of rotatable bonds is 10. The van der Waals surface area contributed by atoms with Crippen molar-refractivity contribution < 1.29 is 13.3 Å². The molecule has 9 heterocycles. The highest BCUT2D eigenvalue weighted by Crippen LogP contribution is 2.44. The van der Waals surface area contributed by atoms with Crippen molar-refractivity contribution in [3.8, 4) is 109 Å². The van der Waals surface area contributed by atoms with Crippen LogP contribution in [0, 0.1) is 35.8 Å². The second-order valence-electron chi connectivity index (χ2n) is 30.7. The van der Waals surface area contributed by atoms with Crippen molar-refractivity contribution in [2.75, 3.05) is 0 Å². The maximum absolute atomic E-state index is 9.84. The van der Waals surface area contributed by atoms with Crippen LogP contribution in [0.25, 0.3) is 238 Å². The lowest BCUT2D eigenvalue weighted by atomic mass is 10.0. The number of hydrogen-bond donors (Lipinski definition) is 0. The van der Waals surface area contributed by atoms with Crippen LogP contribution in [0.2, 0.25) is 0 Å². The summed E-state index contributed by atoms with van der Waals surface area (Å²) in [5.74, 6) is 4.54. The average Bonchev–Trinajstić information content (AvgIpc) is 1.59. The first kappa shape index (κ1) is 74.4. The first-order valence-corrected chi connectivity index (χ1v) is 41.2. The van der Waals surface area contributed by atoms with Gasteiger partial charge in [-0.3, -0.25) is 13.7 Å². The Morgan fingerprint density at radius 3 is 0.906 bits per heavy atom. The molecule has 19 nitrogen and oxygen atoms in total. The third-order valence-corrected chi connectivity index (χ3v) is 23.4. The van der Waals surface area contributed by atoms with E-state index in [1.165, 1.54) is 0 Å². The minimum atomic E-state index is 0.459. The van der Waals surface area contributed by atoms with Gasteiger partial charge in [-0.15, -0.1) is 0 Å². The van der Waals surface area contributed by atoms with Gasteiger partial charge in [0.1, 0.15) is 33.5 Å². The smallest absolute Gasteiger partial charge is 0.238 e. The molecule has 25 rings (SSSR count). The summed E-state index contributed by atoms with van der Waals surface area (Å²) in [7, 11) is 0. The zero-order valence-corrected chi connectivity index (χ0v) is 67.5. The van der Waals surface area contributed by atoms with E-state index in [1.807, 2.05) is 218 Å². The zero-order chi connectivity index (χ0) is 85.5. The van der Waals surface area contributed by atoms with Crippen LogP contribution in [0.3, 0.4) is 0 Å². The predicted molar refractivity (Wildman–Crippen MR) is 504 cm³/mol. The van der Waals surface area contributed by atoms with E-state index in [4.69, 9.17) is 71.3 Å². The molecule has 19 heteroatoms. The van der Waals surface area contributed by atoms with Gasteiger partial charge in [-0.25, -0.2) is 24.6 Å². The number of hydrogen-bond acceptors (Lipinski definition) is 14. The molecule has 25 aromatic rings. The molecule has 0 saturated carbocycles. The first-order valence-electron chi connectivity index (χ1n) is 41.2. The van der Waals surface area contributed by atoms with Crippen molar-refractivity contribution in [3.05, 3.63) is 398 Å². The third kappa shape index (κ3) is 12.6. The molecule has 0 saturated heterocycles. The normalized spacial score (nSPS) is 11.4. The highest BCUT2D eigenvalue weighted by Gasteiger charge is 2.27. The van der Waals surface area contributed by atoms with Crippen molar-refractivity contribution >= 4 is 143 Å². The lowest BCUT2D eigenvalue weighted by Crippen LogP contribution is -2.06. The maximum atomic E-state index is 9.84. The quantitative estimate of drug-likeness (QED) is 0.116. The minimum Gasteiger partial charge on any atom is -0.455 e. The third-order valence-electron chi connectivity index (χ3n) is 23.4. The molecule has 128 heavy (non-hydrogen) atoms. The van der Waals surface area contributed by atoms with E-state index in [1.54, 1.807) is 24.3 Å². The van der Waals surface area contributed by atoms with E-state index in [0.717, 1.165) is 142 Å². The molecule has 0 spiro atoms. The Morgan fingerprint density at radius 2 is 0.523 bits per heavy atom. The Hall–Kier alpha value is -18.7. The Kier molecular flexibility index (Phi) is 17.9. The summed E-state index contributed by atoms with van der Waals surface area (Å²) >= 11 is 0. The molecule has 0 N–H and O–H groups in total. The molecule has 0 atom stereocenters. The highest BCUT2D eigenvalue weighted by molar-refractivity contribution is 6.16. The Balaban J connectivity index is 0.000000110. The minimum absolute atomic E-state index is 0.459. The van der Waals surface area contributed by atoms with Gasteiger partial charge in [-0.2, -0.15) is 40.4 Å². The fraction of sp³-hybridized carbons (Fsp3) is 0. The summed E-state index contributed by atoms with van der Waals surface area (Å²) in [4.78, 5) is 52.3. The number of aromatic nitrogens is 12. The van der Waals surface area contributed by atoms with Crippen LogP contribution in [0.5, 0.6) is 0 Å². The molecule has 9 aromatic heterocycles. The van der Waals surface area contributed by atoms with Gasteiger partial charge >= 0.3 is 0 Å². The summed E-state index contributed by atoms with van der Waals surface area (Å²) in [6.45, 7) is 14.8. The van der Waals surface area contributed by atoms with Crippen molar-refractivity contribution in [2.24, 2.45) is 0 Å². The molecule has 16 aromatic carbocycles. The van der Waals surface area contributed by atoms with Gasteiger partial charge in [0.2, 0.25) is 17.8 Å². The largest absolute Gasteiger partial charge is 0.455 e. The molecule has 0 amide bonds. The highest BCUT2D eigenvalue weighted by atomic mass is 16.3. The Morgan fingerprint density at radius 1 is 0.234 bits per heavy atom. The standard InChI is InChI=1S/C40H23N5O.C35H18N6O.C34H19N5O/c41-24-28-12-8-19-35-36(28)31-15-9-16-32(37(31)46-35)39-42-38(27-22-20-26(21-23-27)25-10-2-1-3-11-25)43-40(44-39)45-33-17-6-4-13-29(33)30-14-5-7-18-34(30)45;1-36-22-16-14-21(15-17-22)33-38-34(27-11-7-10-26-28-20-23(37-2)18-19-31(28)42-32(26)27)40-35(39-33)41-29-12-5-3-8-24(29)25-9-4-6-13-30(25)41;35-20-22-12-8-19-29-30(22)25-15-9-16-26(31(25)40-29)33-36-32(21-10-2-1-3-11-21)37-34(38-33)39-27-17-6-4-13-23(27)24-14-5-7-18-28(24)39/h1-23H;3-20H;1-19H. The van der Waals surface area contributed by atoms with Gasteiger partial charge in [0.05, 0.1) is 86.2 Å². The van der Waals surface area contributed by atoms with Gasteiger partial charge in [0.15, 0.2) is 46.3 Å². The van der Waals surface area contributed by atoms with Gasteiger partial charge in [0, 0.05) is 81.3 Å². The topological polar surface area (TPSA) is 227 Å². The summed E-state index contributed by atoms with van der Waals surface area (Å²) in [6.07, 6.45) is 0. The monoisotopic (exact) mass is 1640 g/mol. The molecule has 0 aliphatic carbocycles. The van der Waals surface area contributed by atoms with E-state index in [0.29, 0.717) is 109 Å². The lowest BCUT2D eigenvalue weighted by Gasteiger charge is -2.11. The summed E-state index contributed by atoms with van der Waals surface area (Å²) < 4.78 is 25.3. The van der Waals surface area contributed by atoms with Gasteiger partial charge < -0.3 is 13.3 Å². The van der Waals surface area contributed by atoms with Crippen LogP contribution < -0.4 is 0 Å². The Bertz CT molecular complexity index is 8870. The van der Waals surface area contributed by atoms with Crippen LogP contribution in [-0.2, 0) is 0 Å². The number of benzene rings is 16. The number of nitrogens with zero attached hydrogens (tertiary/aromatic N) is 16. The second kappa shape index (κ2) is 30.8. The molecule has 0 aliphatic heterocycles. The molecule has 0 aliphatic rings. The molecule has 0 fully saturated rings. The van der Waals surface area contributed by atoms with E-state index in [-0.39, 0.29) is 0 Å². The van der Waals surface area contributed by atoms with Crippen LogP contribution in [0.4, 0.5) is 11.4 Å². The van der Waals surface area contributed by atoms with Crippen molar-refractivity contribution in [1.29, 1.82) is 10.5 Å². The van der Waals surface area contributed by atoms with E-state index in [9.17, 15) is 10.5 Å². The van der Waals surface area contributed by atoms with Gasteiger partial charge in [0.25, 0.3) is 0 Å². The fourth-order valence-electron chi connectivity index (χ4n) is 17.5. The predicted octanol–water partition coefficient (Wildman–Crippen LogP) is 27.1. The van der Waals surface area contributed by atoms with Crippen LogP contribution in [0.1, 0.15) is 11.1 Å². The lowest BCUT2D eigenvalue weighted by molar-refractivity contribution is 0.669. The number of furan rings is 3. The second-order valence-corrected chi connectivity index (χ2v) is 30.7. The SMILES string of the molecule is N#Cc1cccc2oc3c(-c4nc(-c5ccc(-c6ccccc6)cc5)nc(-n5c6ccccc6c6ccccc65)n4)cccc3c12.N#Cc1cccc2oc3c(-c4nc(-c5ccccc5)nc(-n5c6ccccc6c6ccccc65)n4)cccc3c12.[C-]#[N+]c1ccc(-c2nc(-c3cccc4c3oc3ccc([N+]#[C-])cc34)nc(-n3c4ccccc4c4ccccc43)n2)cc1. The molecular formula is C109H60N16O3. The molecular weight excluding hydrogens is 1580 g/mol. The van der Waals surface area contributed by atoms with E-state index < -0.39 is 0 Å². The van der Waals surface area contributed by atoms with Crippen LogP contribution >= 0.6 is 0 Å². The Labute approximate surface area is 727 Å². The fourth-order valence-corrected chi connectivity index (χ4v) is 17.5. The van der Waals surface area contributed by atoms with Crippen molar-refractivity contribution in [3.63, 3.8) is 0 Å². The molecule has 0 radical (unpaired) electrons. The van der Waals surface area contributed by atoms with Gasteiger partial charge in [-0.1, -0.05) is 273 Å². The van der Waals surface area contributed by atoms with E-state index in [2.05, 4.69) is 157 Å². The van der Waals surface area contributed by atoms with Crippen LogP contribution in [-0.4, -0.2) is 58.6 Å². The molecule has 0 bridgehead atoms. The zero-order valence-electron chi connectivity index (χ0n) is 67.5. The average molecular weight is 1640 g/mol. The van der Waals surface area contributed by atoms with Crippen molar-refractivity contribution in [2.45, 2.75) is 0 Å². The summed E-state index contributed by atoms with van der Waals surface area (Å²) in [5.41, 5.74) is 19.1. The van der Waals surface area contributed by atoms with E-state index >= 15 is 0 Å². The molecule has 0 unspecified atom stereocenters. The van der Waals surface area contributed by atoms with Crippen LogP contribution in [0.15, 0.2) is 377 Å². The molecule has 594 valence electrons. The number of fused-ring (bicyclic) bond motifs is 18. The number of para-hydroxylation sites is 9. The maximum Gasteiger partial charge on any atom is 0.238 e. The number of nitriles is 2. The summed E-state index contributed by atoms with van der Waals surface area (Å²) in [5, 5.41) is 31.3. The van der Waals surface area contributed by atoms with Gasteiger partial charge in [-0.05, 0) is 102 Å². The summed E-state index contributed by atoms with van der Waals surface area (Å²) in [6, 6.07) is 124. The first-order chi connectivity index (χ1) is 63.3. The van der Waals surface area contributed by atoms with Crippen molar-refractivity contribution in [1.82, 2.24) is 58.6 Å².